The smallest absolute Gasteiger partial charge is 0.412 e. The SMILES string of the molecule is COc1cc(C(C)CCN)cc(NC(=O)OC(C)(C)C)c1O. The van der Waals surface area contributed by atoms with E-state index in [1.54, 1.807) is 32.9 Å². The molecule has 0 aliphatic rings. The molecule has 0 saturated heterocycles. The van der Waals surface area contributed by atoms with Crippen LogP contribution in [0.1, 0.15) is 45.6 Å². The summed E-state index contributed by atoms with van der Waals surface area (Å²) in [5.41, 5.74) is 6.15. The maximum atomic E-state index is 11.9. The molecule has 0 aliphatic carbocycles. The van der Waals surface area contributed by atoms with Crippen LogP contribution in [0.3, 0.4) is 0 Å². The number of carbonyl (C=O) groups is 1. The second kappa shape index (κ2) is 7.35. The third-order valence-electron chi connectivity index (χ3n) is 3.12. The van der Waals surface area contributed by atoms with E-state index < -0.39 is 11.7 Å². The normalized spacial score (nSPS) is 12.6. The zero-order valence-electron chi connectivity index (χ0n) is 13.9. The van der Waals surface area contributed by atoms with Crippen molar-refractivity contribution in [1.82, 2.24) is 0 Å². The summed E-state index contributed by atoms with van der Waals surface area (Å²) in [5.74, 6) is 0.350. The number of aromatic hydroxyl groups is 1. The molecule has 0 spiro atoms. The standard InChI is InChI=1S/C16H26N2O4/c1-10(6-7-17)11-8-12(14(19)13(9-11)21-5)18-15(20)22-16(2,3)4/h8-10,19H,6-7,17H2,1-5H3,(H,18,20). The van der Waals surface area contributed by atoms with Gasteiger partial charge in [0.25, 0.3) is 0 Å². The van der Waals surface area contributed by atoms with Gasteiger partial charge >= 0.3 is 6.09 Å². The van der Waals surface area contributed by atoms with Gasteiger partial charge in [0.1, 0.15) is 5.60 Å². The molecule has 0 aromatic heterocycles. The number of phenols is 1. The highest BCUT2D eigenvalue weighted by molar-refractivity contribution is 5.88. The molecule has 1 atom stereocenters. The number of hydrogen-bond donors (Lipinski definition) is 3. The lowest BCUT2D eigenvalue weighted by molar-refractivity contribution is 0.0635. The van der Waals surface area contributed by atoms with Crippen LogP contribution in [-0.4, -0.2) is 30.5 Å². The van der Waals surface area contributed by atoms with Gasteiger partial charge in [-0.15, -0.1) is 0 Å². The third kappa shape index (κ3) is 5.11. The van der Waals surface area contributed by atoms with Gasteiger partial charge in [-0.2, -0.15) is 0 Å². The Hall–Kier alpha value is -1.95. The summed E-state index contributed by atoms with van der Waals surface area (Å²) in [5, 5.41) is 12.7. The van der Waals surface area contributed by atoms with E-state index in [9.17, 15) is 9.90 Å². The van der Waals surface area contributed by atoms with Crippen molar-refractivity contribution in [3.63, 3.8) is 0 Å². The van der Waals surface area contributed by atoms with Crippen LogP contribution in [0.25, 0.3) is 0 Å². The monoisotopic (exact) mass is 310 g/mol. The summed E-state index contributed by atoms with van der Waals surface area (Å²) in [6.07, 6.45) is 0.160. The van der Waals surface area contributed by atoms with E-state index in [0.717, 1.165) is 12.0 Å². The molecule has 0 fully saturated rings. The van der Waals surface area contributed by atoms with Gasteiger partial charge in [-0.05, 0) is 57.4 Å². The van der Waals surface area contributed by atoms with Crippen LogP contribution in [0.4, 0.5) is 10.5 Å². The number of ether oxygens (including phenoxy) is 2. The minimum atomic E-state index is -0.631. The average Bonchev–Trinajstić information content (AvgIpc) is 2.39. The number of nitrogens with two attached hydrogens (primary N) is 1. The number of anilines is 1. The number of benzene rings is 1. The predicted molar refractivity (Wildman–Crippen MR) is 86.6 cm³/mol. The first-order valence-electron chi connectivity index (χ1n) is 7.29. The van der Waals surface area contributed by atoms with Crippen LogP contribution in [0, 0.1) is 0 Å². The Kier molecular flexibility index (Phi) is 6.05. The molecule has 0 heterocycles. The number of rotatable bonds is 5. The van der Waals surface area contributed by atoms with Crippen molar-refractivity contribution in [3.05, 3.63) is 17.7 Å². The lowest BCUT2D eigenvalue weighted by Crippen LogP contribution is -2.27. The van der Waals surface area contributed by atoms with Crippen molar-refractivity contribution in [2.75, 3.05) is 19.0 Å². The molecule has 6 nitrogen and oxygen atoms in total. The number of methoxy groups -OCH3 is 1. The van der Waals surface area contributed by atoms with Crippen LogP contribution >= 0.6 is 0 Å². The Morgan fingerprint density at radius 3 is 2.55 bits per heavy atom. The van der Waals surface area contributed by atoms with E-state index >= 15 is 0 Å². The summed E-state index contributed by atoms with van der Waals surface area (Å²) in [7, 11) is 1.46. The Bertz CT molecular complexity index is 524. The third-order valence-corrected chi connectivity index (χ3v) is 3.12. The van der Waals surface area contributed by atoms with E-state index in [1.807, 2.05) is 6.92 Å². The van der Waals surface area contributed by atoms with E-state index in [4.69, 9.17) is 15.2 Å². The van der Waals surface area contributed by atoms with Gasteiger partial charge in [0, 0.05) is 0 Å². The van der Waals surface area contributed by atoms with Crippen molar-refractivity contribution < 1.29 is 19.4 Å². The zero-order chi connectivity index (χ0) is 16.9. The Balaban J connectivity index is 3.07. The molecule has 0 radical (unpaired) electrons. The van der Waals surface area contributed by atoms with Crippen molar-refractivity contribution in [2.24, 2.45) is 5.73 Å². The van der Waals surface area contributed by atoms with Crippen LogP contribution in [0.5, 0.6) is 11.5 Å². The summed E-state index contributed by atoms with van der Waals surface area (Å²) < 4.78 is 10.4. The molecule has 6 heteroatoms. The quantitative estimate of drug-likeness (QED) is 0.726. The van der Waals surface area contributed by atoms with Gasteiger partial charge in [0.05, 0.1) is 12.8 Å². The first-order chi connectivity index (χ1) is 10.2. The summed E-state index contributed by atoms with van der Waals surface area (Å²) in [6.45, 7) is 7.89. The summed E-state index contributed by atoms with van der Waals surface area (Å²) in [4.78, 5) is 11.9. The van der Waals surface area contributed by atoms with Crippen LogP contribution < -0.4 is 15.8 Å². The van der Waals surface area contributed by atoms with Crippen LogP contribution in [0.2, 0.25) is 0 Å². The fourth-order valence-corrected chi connectivity index (χ4v) is 1.99. The molecule has 0 bridgehead atoms. The van der Waals surface area contributed by atoms with Gasteiger partial charge in [0.2, 0.25) is 0 Å². The second-order valence-electron chi connectivity index (χ2n) is 6.22. The molecule has 0 aliphatic heterocycles. The number of amides is 1. The van der Waals surface area contributed by atoms with Crippen molar-refractivity contribution in [1.29, 1.82) is 0 Å². The Morgan fingerprint density at radius 1 is 1.41 bits per heavy atom. The molecule has 1 unspecified atom stereocenters. The van der Waals surface area contributed by atoms with Gasteiger partial charge in [-0.3, -0.25) is 5.32 Å². The Labute approximate surface area is 131 Å². The topological polar surface area (TPSA) is 93.8 Å². The Morgan fingerprint density at radius 2 is 2.05 bits per heavy atom. The highest BCUT2D eigenvalue weighted by atomic mass is 16.6. The summed E-state index contributed by atoms with van der Waals surface area (Å²) in [6, 6.07) is 3.46. The van der Waals surface area contributed by atoms with Crippen molar-refractivity contribution in [2.45, 2.75) is 45.6 Å². The van der Waals surface area contributed by atoms with Crippen LogP contribution in [0.15, 0.2) is 12.1 Å². The van der Waals surface area contributed by atoms with E-state index in [-0.39, 0.29) is 17.4 Å². The fourth-order valence-electron chi connectivity index (χ4n) is 1.99. The number of hydrogen-bond acceptors (Lipinski definition) is 5. The molecule has 1 aromatic rings. The number of nitrogens with one attached hydrogen (secondary N) is 1. The molecule has 0 saturated carbocycles. The molecular weight excluding hydrogens is 284 g/mol. The second-order valence-corrected chi connectivity index (χ2v) is 6.22. The molecule has 1 rings (SSSR count). The van der Waals surface area contributed by atoms with Gasteiger partial charge in [0.15, 0.2) is 11.5 Å². The zero-order valence-corrected chi connectivity index (χ0v) is 13.9. The van der Waals surface area contributed by atoms with E-state index in [1.165, 1.54) is 7.11 Å². The molecule has 1 amide bonds. The molecule has 124 valence electrons. The van der Waals surface area contributed by atoms with E-state index in [0.29, 0.717) is 12.3 Å². The lowest BCUT2D eigenvalue weighted by Gasteiger charge is -2.21. The summed E-state index contributed by atoms with van der Waals surface area (Å²) >= 11 is 0. The minimum Gasteiger partial charge on any atom is -0.503 e. The highest BCUT2D eigenvalue weighted by Gasteiger charge is 2.20. The number of carbonyl (C=O) groups excluding carboxylic acids is 1. The average molecular weight is 310 g/mol. The van der Waals surface area contributed by atoms with Gasteiger partial charge < -0.3 is 20.3 Å². The maximum Gasteiger partial charge on any atom is 0.412 e. The molecule has 22 heavy (non-hydrogen) atoms. The lowest BCUT2D eigenvalue weighted by atomic mass is 9.96. The highest BCUT2D eigenvalue weighted by Crippen LogP contribution is 2.38. The molecule has 4 N–H and O–H groups in total. The largest absolute Gasteiger partial charge is 0.503 e. The van der Waals surface area contributed by atoms with Gasteiger partial charge in [-0.25, -0.2) is 4.79 Å². The molecular formula is C16H26N2O4. The van der Waals surface area contributed by atoms with Crippen molar-refractivity contribution in [3.8, 4) is 11.5 Å². The van der Waals surface area contributed by atoms with Crippen molar-refractivity contribution >= 4 is 11.8 Å². The predicted octanol–water partition coefficient (Wildman–Crippen LogP) is 3.20. The van der Waals surface area contributed by atoms with Gasteiger partial charge in [-0.1, -0.05) is 6.92 Å². The fraction of sp³-hybridized carbons (Fsp3) is 0.562. The van der Waals surface area contributed by atoms with E-state index in [2.05, 4.69) is 5.32 Å². The first-order valence-corrected chi connectivity index (χ1v) is 7.29. The minimum absolute atomic E-state index is 0.128. The first kappa shape index (κ1) is 18.1. The molecule has 1 aromatic carbocycles. The van der Waals surface area contributed by atoms with Crippen LogP contribution in [-0.2, 0) is 4.74 Å². The number of phenolic OH excluding ortho intramolecular Hbond substituents is 1. The maximum absolute atomic E-state index is 11.9.